The summed E-state index contributed by atoms with van der Waals surface area (Å²) in [7, 11) is 0. The Hall–Kier alpha value is -3.44. The molecule has 0 aromatic rings. The van der Waals surface area contributed by atoms with Gasteiger partial charge in [-0.15, -0.1) is 0 Å². The molecule has 4 amide bonds. The van der Waals surface area contributed by atoms with E-state index in [4.69, 9.17) is 9.47 Å². The summed E-state index contributed by atoms with van der Waals surface area (Å²) in [6, 6.07) is -1.69. The number of rotatable bonds is 14. The predicted molar refractivity (Wildman–Crippen MR) is 117 cm³/mol. The van der Waals surface area contributed by atoms with Crippen LogP contribution in [0.4, 0.5) is 0 Å². The second-order valence-electron chi connectivity index (χ2n) is 7.33. The standard InChI is InChI=1S/C21H34N4O8/c1-7-13(5)32-20(30)18(21(31)33-14(6)8-2)25-17(28)11-23-15(26)9-22-16(27)10-24-19(29)12(3)4/h13-14,18H,3,7-11H2,1-2,4-6H3,(H,22,27)(H,23,26)(H,24,29)(H,25,28). The highest BCUT2D eigenvalue weighted by Crippen LogP contribution is 2.04. The molecule has 12 nitrogen and oxygen atoms in total. The second-order valence-corrected chi connectivity index (χ2v) is 7.33. The average molecular weight is 471 g/mol. The molecule has 2 unspecified atom stereocenters. The summed E-state index contributed by atoms with van der Waals surface area (Å²) in [6.07, 6.45) is 0.0605. The Bertz CT molecular complexity index is 729. The summed E-state index contributed by atoms with van der Waals surface area (Å²) in [5.41, 5.74) is 0.228. The Morgan fingerprint density at radius 2 is 1.12 bits per heavy atom. The van der Waals surface area contributed by atoms with Crippen molar-refractivity contribution in [2.75, 3.05) is 19.6 Å². The molecule has 0 saturated heterocycles. The molecule has 0 rings (SSSR count). The minimum Gasteiger partial charge on any atom is -0.461 e. The average Bonchev–Trinajstić information content (AvgIpc) is 2.77. The Morgan fingerprint density at radius 1 is 0.727 bits per heavy atom. The number of esters is 2. The number of hydrogen-bond acceptors (Lipinski definition) is 8. The lowest BCUT2D eigenvalue weighted by Crippen LogP contribution is -2.52. The van der Waals surface area contributed by atoms with Crippen molar-refractivity contribution in [1.82, 2.24) is 21.3 Å². The van der Waals surface area contributed by atoms with E-state index < -0.39 is 66.9 Å². The van der Waals surface area contributed by atoms with Crippen molar-refractivity contribution in [3.63, 3.8) is 0 Å². The van der Waals surface area contributed by atoms with Crippen LogP contribution < -0.4 is 21.3 Å². The first kappa shape index (κ1) is 29.6. The Labute approximate surface area is 193 Å². The summed E-state index contributed by atoms with van der Waals surface area (Å²) < 4.78 is 10.2. The Morgan fingerprint density at radius 3 is 1.52 bits per heavy atom. The van der Waals surface area contributed by atoms with E-state index in [0.717, 1.165) is 0 Å². The Balaban J connectivity index is 4.69. The fourth-order valence-electron chi connectivity index (χ4n) is 1.92. The van der Waals surface area contributed by atoms with Gasteiger partial charge in [-0.1, -0.05) is 20.4 Å². The van der Waals surface area contributed by atoms with Gasteiger partial charge in [-0.25, -0.2) is 9.59 Å². The largest absolute Gasteiger partial charge is 0.461 e. The zero-order chi connectivity index (χ0) is 25.6. The molecule has 0 aliphatic heterocycles. The molecular formula is C21H34N4O8. The molecule has 0 aliphatic rings. The van der Waals surface area contributed by atoms with Crippen LogP contribution in [-0.4, -0.2) is 73.5 Å². The van der Waals surface area contributed by atoms with Crippen LogP contribution in [0.1, 0.15) is 47.5 Å². The third-order valence-corrected chi connectivity index (χ3v) is 4.25. The first-order valence-corrected chi connectivity index (χ1v) is 10.6. The number of amides is 4. The quantitative estimate of drug-likeness (QED) is 0.143. The molecule has 0 fully saturated rings. The molecule has 0 spiro atoms. The summed E-state index contributed by atoms with van der Waals surface area (Å²) >= 11 is 0. The van der Waals surface area contributed by atoms with Crippen molar-refractivity contribution in [2.45, 2.75) is 65.7 Å². The highest BCUT2D eigenvalue weighted by atomic mass is 16.6. The van der Waals surface area contributed by atoms with E-state index in [1.807, 2.05) is 0 Å². The van der Waals surface area contributed by atoms with E-state index in [9.17, 15) is 28.8 Å². The van der Waals surface area contributed by atoms with Gasteiger partial charge in [0.1, 0.15) is 0 Å². The molecular weight excluding hydrogens is 436 g/mol. The topological polar surface area (TPSA) is 169 Å². The molecule has 0 aliphatic carbocycles. The highest BCUT2D eigenvalue weighted by molar-refractivity contribution is 6.03. The van der Waals surface area contributed by atoms with Gasteiger partial charge in [0.15, 0.2) is 0 Å². The lowest BCUT2D eigenvalue weighted by molar-refractivity contribution is -0.165. The summed E-state index contributed by atoms with van der Waals surface area (Å²) in [4.78, 5) is 71.6. The molecule has 0 bridgehead atoms. The highest BCUT2D eigenvalue weighted by Gasteiger charge is 2.33. The van der Waals surface area contributed by atoms with Crippen LogP contribution >= 0.6 is 0 Å². The summed E-state index contributed by atoms with van der Waals surface area (Å²) in [6.45, 7) is 10.4. The van der Waals surface area contributed by atoms with Crippen molar-refractivity contribution in [3.05, 3.63) is 12.2 Å². The van der Waals surface area contributed by atoms with Crippen LogP contribution in [-0.2, 0) is 38.2 Å². The number of carbonyl (C=O) groups excluding carboxylic acids is 6. The summed E-state index contributed by atoms with van der Waals surface area (Å²) in [5.74, 6) is -4.60. The fourth-order valence-corrected chi connectivity index (χ4v) is 1.92. The first-order chi connectivity index (χ1) is 15.4. The van der Waals surface area contributed by atoms with E-state index >= 15 is 0 Å². The number of carbonyl (C=O) groups is 6. The normalized spacial score (nSPS) is 12.9. The molecule has 2 atom stereocenters. The monoisotopic (exact) mass is 470 g/mol. The van der Waals surface area contributed by atoms with Crippen molar-refractivity contribution in [1.29, 1.82) is 0 Å². The van der Waals surface area contributed by atoms with Crippen LogP contribution in [0.2, 0.25) is 0 Å². The number of nitrogens with one attached hydrogen (secondary N) is 4. The molecule has 33 heavy (non-hydrogen) atoms. The number of hydrogen-bond donors (Lipinski definition) is 4. The predicted octanol–water partition coefficient (Wildman–Crippen LogP) is -0.921. The minimum atomic E-state index is -1.69. The van der Waals surface area contributed by atoms with Gasteiger partial charge in [-0.3, -0.25) is 19.2 Å². The molecule has 0 radical (unpaired) electrons. The zero-order valence-electron chi connectivity index (χ0n) is 19.7. The van der Waals surface area contributed by atoms with Gasteiger partial charge < -0.3 is 30.7 Å². The van der Waals surface area contributed by atoms with Crippen molar-refractivity contribution < 1.29 is 38.2 Å². The molecule has 4 N–H and O–H groups in total. The molecule has 12 heteroatoms. The van der Waals surface area contributed by atoms with Gasteiger partial charge in [0, 0.05) is 5.57 Å². The van der Waals surface area contributed by atoms with Gasteiger partial charge >= 0.3 is 11.9 Å². The fraction of sp³-hybridized carbons (Fsp3) is 0.619. The number of ether oxygens (including phenoxy) is 2. The SMILES string of the molecule is C=C(C)C(=O)NCC(=O)NCC(=O)NCC(=O)NC(C(=O)OC(C)CC)C(=O)OC(C)CC. The molecule has 0 saturated carbocycles. The van der Waals surface area contributed by atoms with Crippen molar-refractivity contribution in [2.24, 2.45) is 0 Å². The van der Waals surface area contributed by atoms with E-state index in [2.05, 4.69) is 27.8 Å². The van der Waals surface area contributed by atoms with E-state index in [-0.39, 0.29) is 12.1 Å². The van der Waals surface area contributed by atoms with Crippen molar-refractivity contribution in [3.8, 4) is 0 Å². The minimum absolute atomic E-state index is 0.228. The molecule has 0 aromatic heterocycles. The first-order valence-electron chi connectivity index (χ1n) is 10.6. The smallest absolute Gasteiger partial charge is 0.340 e. The van der Waals surface area contributed by atoms with Crippen molar-refractivity contribution >= 4 is 35.6 Å². The van der Waals surface area contributed by atoms with E-state index in [1.165, 1.54) is 6.92 Å². The molecule has 0 aromatic carbocycles. The maximum atomic E-state index is 12.3. The van der Waals surface area contributed by atoms with Crippen LogP contribution in [0.15, 0.2) is 12.2 Å². The van der Waals surface area contributed by atoms with E-state index in [1.54, 1.807) is 27.7 Å². The lowest BCUT2D eigenvalue weighted by atomic mass is 10.2. The van der Waals surface area contributed by atoms with Crippen LogP contribution in [0.25, 0.3) is 0 Å². The molecule has 186 valence electrons. The maximum absolute atomic E-state index is 12.3. The third kappa shape index (κ3) is 12.9. The second kappa shape index (κ2) is 15.4. The zero-order valence-corrected chi connectivity index (χ0v) is 19.7. The lowest BCUT2D eigenvalue weighted by Gasteiger charge is -2.21. The Kier molecular flexibility index (Phi) is 13.8. The molecule has 0 heterocycles. The van der Waals surface area contributed by atoms with Gasteiger partial charge in [-0.2, -0.15) is 0 Å². The van der Waals surface area contributed by atoms with Gasteiger partial charge in [0.05, 0.1) is 31.8 Å². The van der Waals surface area contributed by atoms with Gasteiger partial charge in [-0.05, 0) is 33.6 Å². The van der Waals surface area contributed by atoms with Crippen LogP contribution in [0, 0.1) is 0 Å². The van der Waals surface area contributed by atoms with Gasteiger partial charge in [0.2, 0.25) is 29.7 Å². The maximum Gasteiger partial charge on any atom is 0.340 e. The van der Waals surface area contributed by atoms with Crippen LogP contribution in [0.3, 0.4) is 0 Å². The summed E-state index contributed by atoms with van der Waals surface area (Å²) in [5, 5.41) is 8.99. The van der Waals surface area contributed by atoms with Gasteiger partial charge in [0.25, 0.3) is 0 Å². The van der Waals surface area contributed by atoms with E-state index in [0.29, 0.717) is 12.8 Å². The third-order valence-electron chi connectivity index (χ3n) is 4.25. The van der Waals surface area contributed by atoms with Crippen LogP contribution in [0.5, 0.6) is 0 Å².